The highest BCUT2D eigenvalue weighted by atomic mass is 35.5. The van der Waals surface area contributed by atoms with Gasteiger partial charge in [-0.3, -0.25) is 9.59 Å². The van der Waals surface area contributed by atoms with E-state index in [1.807, 2.05) is 23.1 Å². The van der Waals surface area contributed by atoms with Gasteiger partial charge < -0.3 is 10.2 Å². The van der Waals surface area contributed by atoms with Crippen LogP contribution in [-0.2, 0) is 24.7 Å². The van der Waals surface area contributed by atoms with Crippen LogP contribution >= 0.6 is 12.4 Å². The first-order valence-electron chi connectivity index (χ1n) is 10.1. The van der Waals surface area contributed by atoms with E-state index in [2.05, 4.69) is 41.6 Å². The maximum Gasteiger partial charge on any atom is 0.274 e. The summed E-state index contributed by atoms with van der Waals surface area (Å²) in [5.74, 6) is 0.0346. The van der Waals surface area contributed by atoms with Gasteiger partial charge in [0.05, 0.1) is 23.5 Å². The molecular formula is C23H27ClN4O2. The van der Waals surface area contributed by atoms with Gasteiger partial charge in [0, 0.05) is 32.1 Å². The van der Waals surface area contributed by atoms with E-state index in [-0.39, 0.29) is 36.3 Å². The number of aromatic nitrogens is 2. The molecule has 0 bridgehead atoms. The summed E-state index contributed by atoms with van der Waals surface area (Å²) >= 11 is 0. The molecule has 3 aromatic rings. The maximum absolute atomic E-state index is 13.3. The van der Waals surface area contributed by atoms with Crippen LogP contribution < -0.4 is 10.9 Å². The molecule has 30 heavy (non-hydrogen) atoms. The molecule has 1 atom stereocenters. The third kappa shape index (κ3) is 4.25. The first kappa shape index (κ1) is 22.0. The van der Waals surface area contributed by atoms with E-state index < -0.39 is 0 Å². The van der Waals surface area contributed by atoms with Gasteiger partial charge in [-0.25, -0.2) is 4.68 Å². The Hall–Kier alpha value is -2.70. The Kier molecular flexibility index (Phi) is 6.90. The molecule has 1 saturated heterocycles. The fourth-order valence-corrected chi connectivity index (χ4v) is 4.03. The second kappa shape index (κ2) is 9.41. The van der Waals surface area contributed by atoms with Gasteiger partial charge in [-0.1, -0.05) is 49.4 Å². The van der Waals surface area contributed by atoms with Crippen LogP contribution in [0.1, 0.15) is 29.8 Å². The van der Waals surface area contributed by atoms with Crippen LogP contribution in [0.5, 0.6) is 0 Å². The van der Waals surface area contributed by atoms with Crippen LogP contribution in [-0.4, -0.2) is 40.2 Å². The molecule has 0 aliphatic carbocycles. The van der Waals surface area contributed by atoms with Crippen molar-refractivity contribution in [1.82, 2.24) is 20.0 Å². The standard InChI is InChI=1S/C23H26N4O2.ClH/c1-3-16-8-10-17(11-9-16)21-15-24-12-13-27(21)22(28)14-20-18-6-4-5-7-19(18)23(29)26(2)25-20;/h4-11,21,24H,3,12-15H2,1-2H3;1H. The summed E-state index contributed by atoms with van der Waals surface area (Å²) in [7, 11) is 1.63. The van der Waals surface area contributed by atoms with Gasteiger partial charge in [-0.15, -0.1) is 12.4 Å². The molecule has 4 rings (SSSR count). The molecular weight excluding hydrogens is 400 g/mol. The van der Waals surface area contributed by atoms with Gasteiger partial charge in [0.25, 0.3) is 5.56 Å². The Bertz CT molecular complexity index is 1090. The molecule has 6 nitrogen and oxygen atoms in total. The molecule has 2 heterocycles. The number of fused-ring (bicyclic) bond motifs is 1. The highest BCUT2D eigenvalue weighted by Gasteiger charge is 2.28. The summed E-state index contributed by atoms with van der Waals surface area (Å²) in [4.78, 5) is 27.6. The molecule has 1 aliphatic rings. The van der Waals surface area contributed by atoms with Gasteiger partial charge in [0.1, 0.15) is 0 Å². The van der Waals surface area contributed by atoms with Gasteiger partial charge in [0.15, 0.2) is 0 Å². The second-order valence-electron chi connectivity index (χ2n) is 7.50. The Morgan fingerprint density at radius 3 is 2.53 bits per heavy atom. The fraction of sp³-hybridized carbons (Fsp3) is 0.348. The number of piperazine rings is 1. The number of carbonyl (C=O) groups excluding carboxylic acids is 1. The van der Waals surface area contributed by atoms with Gasteiger partial charge >= 0.3 is 0 Å². The van der Waals surface area contributed by atoms with Crippen molar-refractivity contribution >= 4 is 29.1 Å². The van der Waals surface area contributed by atoms with Crippen LogP contribution in [0.2, 0.25) is 0 Å². The number of hydrogen-bond donors (Lipinski definition) is 1. The molecule has 1 amide bonds. The van der Waals surface area contributed by atoms with E-state index in [0.717, 1.165) is 30.5 Å². The fourth-order valence-electron chi connectivity index (χ4n) is 4.03. The average molecular weight is 427 g/mol. The highest BCUT2D eigenvalue weighted by molar-refractivity contribution is 5.88. The van der Waals surface area contributed by atoms with E-state index in [9.17, 15) is 9.59 Å². The Morgan fingerprint density at radius 1 is 1.13 bits per heavy atom. The van der Waals surface area contributed by atoms with Crippen molar-refractivity contribution in [2.45, 2.75) is 25.8 Å². The number of carbonyl (C=O) groups is 1. The summed E-state index contributed by atoms with van der Waals surface area (Å²) in [5, 5.41) is 9.15. The lowest BCUT2D eigenvalue weighted by Gasteiger charge is -2.36. The second-order valence-corrected chi connectivity index (χ2v) is 7.50. The number of amides is 1. The minimum Gasteiger partial charge on any atom is -0.333 e. The molecule has 1 unspecified atom stereocenters. The lowest BCUT2D eigenvalue weighted by molar-refractivity contribution is -0.133. The molecule has 0 radical (unpaired) electrons. The number of rotatable bonds is 4. The topological polar surface area (TPSA) is 67.2 Å². The Morgan fingerprint density at radius 2 is 1.83 bits per heavy atom. The zero-order valence-corrected chi connectivity index (χ0v) is 18.1. The number of benzene rings is 2. The summed E-state index contributed by atoms with van der Waals surface area (Å²) in [6.07, 6.45) is 1.18. The molecule has 1 fully saturated rings. The Balaban J connectivity index is 0.00000256. The summed E-state index contributed by atoms with van der Waals surface area (Å²) < 4.78 is 1.32. The van der Waals surface area contributed by atoms with Crippen molar-refractivity contribution < 1.29 is 4.79 Å². The number of halogens is 1. The van der Waals surface area contributed by atoms with Crippen LogP contribution in [0.3, 0.4) is 0 Å². The Labute approximate surface area is 182 Å². The predicted molar refractivity (Wildman–Crippen MR) is 121 cm³/mol. The SMILES string of the molecule is CCc1ccc(C2CNCCN2C(=O)Cc2nn(C)c(=O)c3ccccc23)cc1.Cl. The van der Waals surface area contributed by atoms with E-state index in [0.29, 0.717) is 17.6 Å². The van der Waals surface area contributed by atoms with Crippen LogP contribution in [0.15, 0.2) is 53.3 Å². The van der Waals surface area contributed by atoms with E-state index in [1.54, 1.807) is 13.1 Å². The number of nitrogens with zero attached hydrogens (tertiary/aromatic N) is 3. The third-order valence-electron chi connectivity index (χ3n) is 5.69. The zero-order chi connectivity index (χ0) is 20.4. The minimum absolute atomic E-state index is 0. The van der Waals surface area contributed by atoms with E-state index in [4.69, 9.17) is 0 Å². The predicted octanol–water partition coefficient (Wildman–Crippen LogP) is 2.63. The first-order chi connectivity index (χ1) is 14.1. The monoisotopic (exact) mass is 426 g/mol. The van der Waals surface area contributed by atoms with Gasteiger partial charge in [-0.2, -0.15) is 5.10 Å². The van der Waals surface area contributed by atoms with Gasteiger partial charge in [0.2, 0.25) is 5.91 Å². The largest absolute Gasteiger partial charge is 0.333 e. The molecule has 1 N–H and O–H groups in total. The van der Waals surface area contributed by atoms with Crippen molar-refractivity contribution in [3.05, 3.63) is 75.7 Å². The van der Waals surface area contributed by atoms with E-state index in [1.165, 1.54) is 10.2 Å². The summed E-state index contributed by atoms with van der Waals surface area (Å²) in [6, 6.07) is 15.9. The van der Waals surface area contributed by atoms with Crippen LogP contribution in [0, 0.1) is 0 Å². The smallest absolute Gasteiger partial charge is 0.274 e. The van der Waals surface area contributed by atoms with Crippen molar-refractivity contribution in [2.75, 3.05) is 19.6 Å². The molecule has 7 heteroatoms. The van der Waals surface area contributed by atoms with Crippen molar-refractivity contribution in [2.24, 2.45) is 7.05 Å². The minimum atomic E-state index is -0.145. The molecule has 0 saturated carbocycles. The van der Waals surface area contributed by atoms with Gasteiger partial charge in [-0.05, 0) is 23.6 Å². The average Bonchev–Trinajstić information content (AvgIpc) is 2.77. The zero-order valence-electron chi connectivity index (χ0n) is 17.3. The lowest BCUT2D eigenvalue weighted by atomic mass is 10.00. The number of nitrogens with one attached hydrogen (secondary N) is 1. The van der Waals surface area contributed by atoms with Crippen LogP contribution in [0.4, 0.5) is 0 Å². The van der Waals surface area contributed by atoms with Crippen molar-refractivity contribution in [3.8, 4) is 0 Å². The number of aryl methyl sites for hydroxylation is 2. The molecule has 2 aromatic carbocycles. The molecule has 1 aromatic heterocycles. The first-order valence-corrected chi connectivity index (χ1v) is 10.1. The third-order valence-corrected chi connectivity index (χ3v) is 5.69. The van der Waals surface area contributed by atoms with Crippen LogP contribution in [0.25, 0.3) is 10.8 Å². The normalized spacial score (nSPS) is 16.3. The van der Waals surface area contributed by atoms with Crippen molar-refractivity contribution in [3.63, 3.8) is 0 Å². The lowest BCUT2D eigenvalue weighted by Crippen LogP contribution is -2.49. The summed E-state index contributed by atoms with van der Waals surface area (Å²) in [5.41, 5.74) is 2.93. The van der Waals surface area contributed by atoms with Crippen molar-refractivity contribution in [1.29, 1.82) is 0 Å². The van der Waals surface area contributed by atoms with E-state index >= 15 is 0 Å². The molecule has 0 spiro atoms. The summed E-state index contributed by atoms with van der Waals surface area (Å²) in [6.45, 7) is 4.30. The maximum atomic E-state index is 13.3. The number of hydrogen-bond acceptors (Lipinski definition) is 4. The quantitative estimate of drug-likeness (QED) is 0.696. The molecule has 158 valence electrons. The highest BCUT2D eigenvalue weighted by Crippen LogP contribution is 2.24. The molecule has 1 aliphatic heterocycles.